The van der Waals surface area contributed by atoms with Crippen LogP contribution in [0.2, 0.25) is 0 Å². The van der Waals surface area contributed by atoms with Crippen molar-refractivity contribution in [2.45, 2.75) is 58.1 Å². The molecule has 2 nitrogen and oxygen atoms in total. The predicted molar refractivity (Wildman–Crippen MR) is 55.8 cm³/mol. The van der Waals surface area contributed by atoms with Gasteiger partial charge in [-0.3, -0.25) is 4.90 Å². The fraction of sp³-hybridized carbons (Fsp3) is 1.00. The molecule has 0 spiro atoms. The summed E-state index contributed by atoms with van der Waals surface area (Å²) in [7, 11) is 0. The van der Waals surface area contributed by atoms with Crippen molar-refractivity contribution in [1.82, 2.24) is 4.90 Å². The van der Waals surface area contributed by atoms with Crippen LogP contribution in [0.4, 0.5) is 0 Å². The van der Waals surface area contributed by atoms with Crippen molar-refractivity contribution in [2.24, 2.45) is 0 Å². The molecule has 0 unspecified atom stereocenters. The minimum atomic E-state index is -0.482. The SMILES string of the molecule is CC(C)(C)N1CCCC[C@](C)(O)C1. The van der Waals surface area contributed by atoms with E-state index in [1.165, 1.54) is 6.42 Å². The molecule has 1 rings (SSSR count). The van der Waals surface area contributed by atoms with Gasteiger partial charge in [0.15, 0.2) is 0 Å². The van der Waals surface area contributed by atoms with Gasteiger partial charge in [0, 0.05) is 12.1 Å². The number of rotatable bonds is 0. The Morgan fingerprint density at radius 3 is 2.38 bits per heavy atom. The van der Waals surface area contributed by atoms with Crippen molar-refractivity contribution in [2.75, 3.05) is 13.1 Å². The maximum atomic E-state index is 10.0. The zero-order valence-corrected chi connectivity index (χ0v) is 9.43. The van der Waals surface area contributed by atoms with E-state index < -0.39 is 5.60 Å². The Bertz CT molecular complexity index is 169. The molecule has 1 fully saturated rings. The molecule has 1 N–H and O–H groups in total. The molecular weight excluding hydrogens is 162 g/mol. The van der Waals surface area contributed by atoms with Gasteiger partial charge in [0.25, 0.3) is 0 Å². The van der Waals surface area contributed by atoms with Crippen molar-refractivity contribution < 1.29 is 5.11 Å². The zero-order valence-electron chi connectivity index (χ0n) is 9.43. The summed E-state index contributed by atoms with van der Waals surface area (Å²) in [6.07, 6.45) is 3.31. The van der Waals surface area contributed by atoms with Gasteiger partial charge in [-0.25, -0.2) is 0 Å². The summed E-state index contributed by atoms with van der Waals surface area (Å²) in [5, 5.41) is 10.0. The standard InChI is InChI=1S/C11H23NO/c1-10(2,3)12-8-6-5-7-11(4,13)9-12/h13H,5-9H2,1-4H3/t11-/m0/s1. The van der Waals surface area contributed by atoms with Gasteiger partial charge in [-0.2, -0.15) is 0 Å². The highest BCUT2D eigenvalue weighted by molar-refractivity contribution is 4.86. The van der Waals surface area contributed by atoms with E-state index in [0.29, 0.717) is 0 Å². The molecule has 13 heavy (non-hydrogen) atoms. The number of β-amino-alcohol motifs (C(OH)–C–C–N with tert-alkyl or cyclic N) is 1. The Balaban J connectivity index is 2.65. The van der Waals surface area contributed by atoms with Crippen molar-refractivity contribution in [3.63, 3.8) is 0 Å². The van der Waals surface area contributed by atoms with Crippen molar-refractivity contribution >= 4 is 0 Å². The summed E-state index contributed by atoms with van der Waals surface area (Å²) in [5.41, 5.74) is -0.294. The lowest BCUT2D eigenvalue weighted by Gasteiger charge is -2.38. The van der Waals surface area contributed by atoms with Gasteiger partial charge >= 0.3 is 0 Å². The number of hydrogen-bond acceptors (Lipinski definition) is 2. The van der Waals surface area contributed by atoms with Gasteiger partial charge in [0.2, 0.25) is 0 Å². The van der Waals surface area contributed by atoms with E-state index in [1.807, 2.05) is 6.92 Å². The van der Waals surface area contributed by atoms with Gasteiger partial charge in [-0.1, -0.05) is 0 Å². The summed E-state index contributed by atoms with van der Waals surface area (Å²) in [4.78, 5) is 2.39. The molecule has 1 aliphatic heterocycles. The molecule has 0 aliphatic carbocycles. The van der Waals surface area contributed by atoms with Crippen LogP contribution in [0.1, 0.15) is 47.0 Å². The third-order valence-electron chi connectivity index (χ3n) is 2.87. The Morgan fingerprint density at radius 1 is 1.23 bits per heavy atom. The van der Waals surface area contributed by atoms with Gasteiger partial charge in [0.1, 0.15) is 0 Å². The quantitative estimate of drug-likeness (QED) is 0.624. The molecule has 1 atom stereocenters. The van der Waals surface area contributed by atoms with Crippen LogP contribution in [0.25, 0.3) is 0 Å². The minimum absolute atomic E-state index is 0.189. The first-order chi connectivity index (χ1) is 5.81. The second kappa shape index (κ2) is 3.58. The van der Waals surface area contributed by atoms with Crippen LogP contribution < -0.4 is 0 Å². The third-order valence-corrected chi connectivity index (χ3v) is 2.87. The van der Waals surface area contributed by atoms with Crippen LogP contribution >= 0.6 is 0 Å². The highest BCUT2D eigenvalue weighted by Gasteiger charge is 2.31. The average molecular weight is 185 g/mol. The molecule has 1 saturated heterocycles. The van der Waals surface area contributed by atoms with Gasteiger partial charge in [0.05, 0.1) is 5.60 Å². The molecular formula is C11H23NO. The molecule has 0 amide bonds. The Labute approximate surface area is 81.9 Å². The van der Waals surface area contributed by atoms with Gasteiger partial charge in [-0.15, -0.1) is 0 Å². The number of likely N-dealkylation sites (tertiary alicyclic amines) is 1. The van der Waals surface area contributed by atoms with Crippen LogP contribution in [-0.4, -0.2) is 34.2 Å². The molecule has 0 bridgehead atoms. The van der Waals surface area contributed by atoms with Crippen LogP contribution in [0.3, 0.4) is 0 Å². The van der Waals surface area contributed by atoms with E-state index >= 15 is 0 Å². The monoisotopic (exact) mass is 185 g/mol. The van der Waals surface area contributed by atoms with E-state index in [1.54, 1.807) is 0 Å². The highest BCUT2D eigenvalue weighted by atomic mass is 16.3. The number of hydrogen-bond donors (Lipinski definition) is 1. The fourth-order valence-corrected chi connectivity index (χ4v) is 1.95. The molecule has 0 aromatic rings. The highest BCUT2D eigenvalue weighted by Crippen LogP contribution is 2.25. The van der Waals surface area contributed by atoms with Crippen LogP contribution in [0.15, 0.2) is 0 Å². The Kier molecular flexibility index (Phi) is 3.03. The molecule has 0 aromatic heterocycles. The Hall–Kier alpha value is -0.0800. The first kappa shape index (κ1) is 11.0. The molecule has 0 radical (unpaired) electrons. The van der Waals surface area contributed by atoms with Crippen molar-refractivity contribution in [3.8, 4) is 0 Å². The van der Waals surface area contributed by atoms with E-state index in [-0.39, 0.29) is 5.54 Å². The topological polar surface area (TPSA) is 23.5 Å². The summed E-state index contributed by atoms with van der Waals surface area (Å²) in [6, 6.07) is 0. The fourth-order valence-electron chi connectivity index (χ4n) is 1.95. The van der Waals surface area contributed by atoms with E-state index in [9.17, 15) is 5.11 Å². The van der Waals surface area contributed by atoms with Crippen molar-refractivity contribution in [3.05, 3.63) is 0 Å². The zero-order chi connectivity index (χ0) is 10.1. The number of aliphatic hydroxyl groups is 1. The second-order valence-corrected chi connectivity index (χ2v) is 5.55. The summed E-state index contributed by atoms with van der Waals surface area (Å²) < 4.78 is 0. The number of nitrogens with zero attached hydrogens (tertiary/aromatic N) is 1. The molecule has 1 aliphatic rings. The first-order valence-corrected chi connectivity index (χ1v) is 5.29. The summed E-state index contributed by atoms with van der Waals surface area (Å²) in [6.45, 7) is 10.5. The van der Waals surface area contributed by atoms with Crippen LogP contribution in [0, 0.1) is 0 Å². The van der Waals surface area contributed by atoms with E-state index in [0.717, 1.165) is 25.9 Å². The van der Waals surface area contributed by atoms with Crippen molar-refractivity contribution in [1.29, 1.82) is 0 Å². The lowest BCUT2D eigenvalue weighted by molar-refractivity contribution is -0.00209. The molecule has 78 valence electrons. The Morgan fingerprint density at radius 2 is 1.85 bits per heavy atom. The molecule has 1 heterocycles. The lowest BCUT2D eigenvalue weighted by Crippen LogP contribution is -2.48. The third kappa shape index (κ3) is 3.28. The smallest absolute Gasteiger partial charge is 0.0746 e. The van der Waals surface area contributed by atoms with E-state index in [4.69, 9.17) is 0 Å². The van der Waals surface area contributed by atoms with Gasteiger partial charge in [-0.05, 0) is 53.5 Å². The molecule has 0 aromatic carbocycles. The lowest BCUT2D eigenvalue weighted by atomic mass is 9.98. The second-order valence-electron chi connectivity index (χ2n) is 5.55. The van der Waals surface area contributed by atoms with E-state index in [2.05, 4.69) is 25.7 Å². The van der Waals surface area contributed by atoms with Crippen LogP contribution in [-0.2, 0) is 0 Å². The van der Waals surface area contributed by atoms with Crippen LogP contribution in [0.5, 0.6) is 0 Å². The summed E-state index contributed by atoms with van der Waals surface area (Å²) >= 11 is 0. The predicted octanol–water partition coefficient (Wildman–Crippen LogP) is 2.02. The van der Waals surface area contributed by atoms with Gasteiger partial charge < -0.3 is 5.11 Å². The largest absolute Gasteiger partial charge is 0.389 e. The molecule has 2 heteroatoms. The first-order valence-electron chi connectivity index (χ1n) is 5.29. The molecule has 0 saturated carbocycles. The normalized spacial score (nSPS) is 33.0. The average Bonchev–Trinajstić information content (AvgIpc) is 2.08. The minimum Gasteiger partial charge on any atom is -0.389 e. The summed E-state index contributed by atoms with van der Waals surface area (Å²) in [5.74, 6) is 0. The maximum Gasteiger partial charge on any atom is 0.0746 e. The maximum absolute atomic E-state index is 10.0.